The van der Waals surface area contributed by atoms with Crippen LogP contribution in [0.1, 0.15) is 50.1 Å². The van der Waals surface area contributed by atoms with E-state index in [0.717, 1.165) is 12.8 Å². The van der Waals surface area contributed by atoms with Crippen molar-refractivity contribution in [3.8, 4) is 0 Å². The number of carbonyl (C=O) groups is 2. The second-order valence-electron chi connectivity index (χ2n) is 7.17. The Morgan fingerprint density at radius 2 is 1.93 bits per heavy atom. The third-order valence-corrected chi connectivity index (χ3v) is 4.61. The summed E-state index contributed by atoms with van der Waals surface area (Å²) in [5.41, 5.74) is -0.0277. The van der Waals surface area contributed by atoms with Crippen LogP contribution < -0.4 is 5.56 Å². The molecule has 1 aliphatic rings. The van der Waals surface area contributed by atoms with Crippen LogP contribution in [0.5, 0.6) is 0 Å². The Labute approximate surface area is 157 Å². The van der Waals surface area contributed by atoms with Crippen LogP contribution in [0, 0.1) is 5.92 Å². The highest BCUT2D eigenvalue weighted by atomic mass is 16.5. The van der Waals surface area contributed by atoms with Crippen molar-refractivity contribution in [1.82, 2.24) is 14.7 Å². The minimum atomic E-state index is -0.437. The SMILES string of the molecule is CCOC(=O)CN(CC1CC1)C(=O)c1nn(C(C)C)c(=O)c2ccccc12. The standard InChI is InChI=1S/C20H25N3O4/c1-4-27-17(24)12-22(11-14-9-10-14)20(26)18-15-7-5-6-8-16(15)19(25)23(21-18)13(2)3/h5-8,13-14H,4,9-12H2,1-3H3. The zero-order valence-electron chi connectivity index (χ0n) is 16.0. The smallest absolute Gasteiger partial charge is 0.325 e. The fourth-order valence-corrected chi connectivity index (χ4v) is 3.06. The Balaban J connectivity index is 2.04. The highest BCUT2D eigenvalue weighted by Crippen LogP contribution is 2.30. The van der Waals surface area contributed by atoms with Crippen LogP contribution in [0.25, 0.3) is 10.8 Å². The van der Waals surface area contributed by atoms with Crippen molar-refractivity contribution in [2.45, 2.75) is 39.7 Å². The molecule has 1 fully saturated rings. The fourth-order valence-electron chi connectivity index (χ4n) is 3.06. The van der Waals surface area contributed by atoms with Gasteiger partial charge in [-0.2, -0.15) is 5.10 Å². The third-order valence-electron chi connectivity index (χ3n) is 4.61. The number of rotatable bonds is 7. The van der Waals surface area contributed by atoms with Gasteiger partial charge in [-0.1, -0.05) is 18.2 Å². The first kappa shape index (κ1) is 19.1. The van der Waals surface area contributed by atoms with Crippen molar-refractivity contribution in [2.75, 3.05) is 19.7 Å². The molecule has 1 heterocycles. The normalized spacial score (nSPS) is 13.8. The second-order valence-corrected chi connectivity index (χ2v) is 7.17. The van der Waals surface area contributed by atoms with E-state index in [2.05, 4.69) is 5.10 Å². The van der Waals surface area contributed by atoms with Gasteiger partial charge < -0.3 is 9.64 Å². The number of hydrogen-bond acceptors (Lipinski definition) is 5. The number of nitrogens with zero attached hydrogens (tertiary/aromatic N) is 3. The van der Waals surface area contributed by atoms with E-state index in [9.17, 15) is 14.4 Å². The minimum absolute atomic E-state index is 0.111. The van der Waals surface area contributed by atoms with Gasteiger partial charge in [-0.25, -0.2) is 4.68 Å². The average molecular weight is 371 g/mol. The quantitative estimate of drug-likeness (QED) is 0.698. The van der Waals surface area contributed by atoms with E-state index < -0.39 is 5.97 Å². The van der Waals surface area contributed by atoms with E-state index in [4.69, 9.17) is 4.74 Å². The molecule has 1 aromatic heterocycles. The number of ether oxygens (including phenoxy) is 1. The lowest BCUT2D eigenvalue weighted by Crippen LogP contribution is -2.40. The summed E-state index contributed by atoms with van der Waals surface area (Å²) in [7, 11) is 0. The Morgan fingerprint density at radius 1 is 1.26 bits per heavy atom. The summed E-state index contributed by atoms with van der Waals surface area (Å²) in [6.45, 7) is 6.08. The predicted octanol–water partition coefficient (Wildman–Crippen LogP) is 2.39. The number of amides is 1. The van der Waals surface area contributed by atoms with Crippen molar-refractivity contribution in [3.63, 3.8) is 0 Å². The molecule has 3 rings (SSSR count). The summed E-state index contributed by atoms with van der Waals surface area (Å²) in [4.78, 5) is 39.4. The molecule has 1 amide bonds. The number of fused-ring (bicyclic) bond motifs is 1. The molecule has 1 saturated carbocycles. The van der Waals surface area contributed by atoms with Gasteiger partial charge in [0.15, 0.2) is 5.69 Å². The molecule has 7 nitrogen and oxygen atoms in total. The maximum Gasteiger partial charge on any atom is 0.325 e. The number of esters is 1. The summed E-state index contributed by atoms with van der Waals surface area (Å²) >= 11 is 0. The van der Waals surface area contributed by atoms with Gasteiger partial charge in [-0.3, -0.25) is 14.4 Å². The zero-order chi connectivity index (χ0) is 19.6. The molecule has 0 aliphatic heterocycles. The van der Waals surface area contributed by atoms with Gasteiger partial charge in [0.2, 0.25) is 0 Å². The lowest BCUT2D eigenvalue weighted by molar-refractivity contribution is -0.143. The van der Waals surface area contributed by atoms with Crippen LogP contribution in [-0.2, 0) is 9.53 Å². The molecular weight excluding hydrogens is 346 g/mol. The molecule has 27 heavy (non-hydrogen) atoms. The van der Waals surface area contributed by atoms with E-state index in [-0.39, 0.29) is 36.4 Å². The van der Waals surface area contributed by atoms with Gasteiger partial charge in [-0.15, -0.1) is 0 Å². The van der Waals surface area contributed by atoms with Gasteiger partial charge in [0.25, 0.3) is 11.5 Å². The molecule has 0 unspecified atom stereocenters. The average Bonchev–Trinajstić information content (AvgIpc) is 3.45. The van der Waals surface area contributed by atoms with Crippen molar-refractivity contribution in [1.29, 1.82) is 0 Å². The lowest BCUT2D eigenvalue weighted by atomic mass is 10.1. The largest absolute Gasteiger partial charge is 0.465 e. The predicted molar refractivity (Wildman–Crippen MR) is 102 cm³/mol. The molecule has 0 bridgehead atoms. The molecule has 0 spiro atoms. The number of hydrogen-bond donors (Lipinski definition) is 0. The van der Waals surface area contributed by atoms with Crippen molar-refractivity contribution in [2.24, 2.45) is 5.92 Å². The van der Waals surface area contributed by atoms with Crippen molar-refractivity contribution >= 4 is 22.6 Å². The summed E-state index contributed by atoms with van der Waals surface area (Å²) < 4.78 is 6.35. The molecule has 0 saturated heterocycles. The second kappa shape index (κ2) is 7.90. The molecule has 7 heteroatoms. The third kappa shape index (κ3) is 4.18. The van der Waals surface area contributed by atoms with Crippen LogP contribution in [0.2, 0.25) is 0 Å². The summed E-state index contributed by atoms with van der Waals surface area (Å²) in [5, 5.41) is 5.32. The summed E-state index contributed by atoms with van der Waals surface area (Å²) in [6, 6.07) is 6.78. The van der Waals surface area contributed by atoms with Crippen LogP contribution in [-0.4, -0.2) is 46.3 Å². The molecule has 0 atom stereocenters. The number of aromatic nitrogens is 2. The molecule has 1 aromatic carbocycles. The van der Waals surface area contributed by atoms with Crippen LogP contribution in [0.3, 0.4) is 0 Å². The van der Waals surface area contributed by atoms with Gasteiger partial charge in [0.05, 0.1) is 18.0 Å². The molecule has 2 aromatic rings. The van der Waals surface area contributed by atoms with Crippen molar-refractivity contribution in [3.05, 3.63) is 40.3 Å². The maximum absolute atomic E-state index is 13.3. The van der Waals surface area contributed by atoms with E-state index >= 15 is 0 Å². The fraction of sp³-hybridized carbons (Fsp3) is 0.500. The monoisotopic (exact) mass is 371 g/mol. The first-order chi connectivity index (χ1) is 12.9. The molecular formula is C20H25N3O4. The Morgan fingerprint density at radius 3 is 2.52 bits per heavy atom. The molecule has 144 valence electrons. The lowest BCUT2D eigenvalue weighted by Gasteiger charge is -2.22. The first-order valence-corrected chi connectivity index (χ1v) is 9.38. The van der Waals surface area contributed by atoms with Crippen molar-refractivity contribution < 1.29 is 14.3 Å². The van der Waals surface area contributed by atoms with Gasteiger partial charge >= 0.3 is 5.97 Å². The van der Waals surface area contributed by atoms with Crippen LogP contribution in [0.15, 0.2) is 29.1 Å². The summed E-state index contributed by atoms with van der Waals surface area (Å²) in [5.74, 6) is -0.376. The van der Waals surface area contributed by atoms with Gasteiger partial charge in [0.1, 0.15) is 6.54 Å². The Hall–Kier alpha value is -2.70. The molecule has 1 aliphatic carbocycles. The highest BCUT2D eigenvalue weighted by Gasteiger charge is 2.31. The van der Waals surface area contributed by atoms with Gasteiger partial charge in [0, 0.05) is 11.9 Å². The highest BCUT2D eigenvalue weighted by molar-refractivity contribution is 6.05. The Bertz CT molecular complexity index is 915. The van der Waals surface area contributed by atoms with E-state index in [1.807, 2.05) is 13.8 Å². The van der Waals surface area contributed by atoms with Crippen LogP contribution in [0.4, 0.5) is 0 Å². The van der Waals surface area contributed by atoms with E-state index in [1.54, 1.807) is 31.2 Å². The van der Waals surface area contributed by atoms with E-state index in [0.29, 0.717) is 23.2 Å². The maximum atomic E-state index is 13.3. The zero-order valence-corrected chi connectivity index (χ0v) is 16.0. The van der Waals surface area contributed by atoms with Gasteiger partial charge in [-0.05, 0) is 45.6 Å². The molecule has 0 N–H and O–H groups in total. The first-order valence-electron chi connectivity index (χ1n) is 9.38. The topological polar surface area (TPSA) is 81.5 Å². The minimum Gasteiger partial charge on any atom is -0.465 e. The van der Waals surface area contributed by atoms with E-state index in [1.165, 1.54) is 9.58 Å². The Kier molecular flexibility index (Phi) is 5.58. The van der Waals surface area contributed by atoms with Crippen LogP contribution >= 0.6 is 0 Å². The number of benzene rings is 1. The molecule has 0 radical (unpaired) electrons. The summed E-state index contributed by atoms with van der Waals surface area (Å²) in [6.07, 6.45) is 2.10. The number of carbonyl (C=O) groups excluding carboxylic acids is 2.